The number of benzene rings is 2. The van der Waals surface area contributed by atoms with Crippen molar-refractivity contribution < 1.29 is 19.4 Å². The van der Waals surface area contributed by atoms with Gasteiger partial charge in [0.15, 0.2) is 0 Å². The van der Waals surface area contributed by atoms with Crippen LogP contribution >= 0.6 is 0 Å². The summed E-state index contributed by atoms with van der Waals surface area (Å²) in [4.78, 5) is 25.0. The van der Waals surface area contributed by atoms with Gasteiger partial charge in [0.2, 0.25) is 5.91 Å². The van der Waals surface area contributed by atoms with E-state index >= 15 is 0 Å². The molecule has 27 heavy (non-hydrogen) atoms. The van der Waals surface area contributed by atoms with E-state index in [4.69, 9.17) is 4.74 Å². The van der Waals surface area contributed by atoms with E-state index in [1.807, 2.05) is 54.6 Å². The molecule has 3 rings (SSSR count). The summed E-state index contributed by atoms with van der Waals surface area (Å²) in [6, 6.07) is 15.9. The van der Waals surface area contributed by atoms with E-state index in [0.29, 0.717) is 18.6 Å². The maximum absolute atomic E-state index is 13.3. The molecule has 1 unspecified atom stereocenters. The molecule has 1 fully saturated rings. The standard InChI is InChI=1S/C22H25NO4/c1-27-18-11-7-10-17(15-18)22(12-5-6-13-22)21(26)23-19(20(24)25)14-16-8-3-2-4-9-16/h2-4,7-11,15,19H,5-6,12-14H2,1H3,(H,23,26)(H,24,25). The fourth-order valence-corrected chi connectivity index (χ4v) is 3.89. The van der Waals surface area contributed by atoms with Gasteiger partial charge < -0.3 is 15.2 Å². The van der Waals surface area contributed by atoms with Gasteiger partial charge in [0, 0.05) is 6.42 Å². The summed E-state index contributed by atoms with van der Waals surface area (Å²) in [5, 5.41) is 12.4. The molecule has 1 atom stereocenters. The second-order valence-corrected chi connectivity index (χ2v) is 7.08. The summed E-state index contributed by atoms with van der Waals surface area (Å²) in [6.45, 7) is 0. The first-order valence-electron chi connectivity index (χ1n) is 9.27. The Hall–Kier alpha value is -2.82. The van der Waals surface area contributed by atoms with Crippen LogP contribution in [-0.2, 0) is 21.4 Å². The third-order valence-corrected chi connectivity index (χ3v) is 5.40. The zero-order valence-electron chi connectivity index (χ0n) is 15.5. The molecule has 0 bridgehead atoms. The minimum Gasteiger partial charge on any atom is -0.497 e. The molecular weight excluding hydrogens is 342 g/mol. The van der Waals surface area contributed by atoms with Gasteiger partial charge in [0.1, 0.15) is 11.8 Å². The number of carbonyl (C=O) groups is 2. The van der Waals surface area contributed by atoms with Crippen LogP contribution in [0.15, 0.2) is 54.6 Å². The van der Waals surface area contributed by atoms with Gasteiger partial charge in [0.25, 0.3) is 0 Å². The number of carboxylic acid groups (broad SMARTS) is 1. The first-order valence-corrected chi connectivity index (χ1v) is 9.27. The Bertz CT molecular complexity index is 797. The first-order chi connectivity index (χ1) is 13.0. The van der Waals surface area contributed by atoms with E-state index in [-0.39, 0.29) is 12.3 Å². The van der Waals surface area contributed by atoms with Gasteiger partial charge in [0.05, 0.1) is 12.5 Å². The van der Waals surface area contributed by atoms with E-state index in [9.17, 15) is 14.7 Å². The van der Waals surface area contributed by atoms with Crippen molar-refractivity contribution in [1.29, 1.82) is 0 Å². The number of ether oxygens (including phenoxy) is 1. The van der Waals surface area contributed by atoms with Gasteiger partial charge in [-0.2, -0.15) is 0 Å². The van der Waals surface area contributed by atoms with Crippen LogP contribution in [0.25, 0.3) is 0 Å². The molecule has 0 heterocycles. The van der Waals surface area contributed by atoms with Crippen LogP contribution < -0.4 is 10.1 Å². The van der Waals surface area contributed by atoms with Crippen LogP contribution in [0.4, 0.5) is 0 Å². The Morgan fingerprint density at radius 1 is 1.11 bits per heavy atom. The summed E-state index contributed by atoms with van der Waals surface area (Å²) >= 11 is 0. The monoisotopic (exact) mass is 367 g/mol. The highest BCUT2D eigenvalue weighted by Gasteiger charge is 2.44. The number of carbonyl (C=O) groups excluding carboxylic acids is 1. The predicted octanol–water partition coefficient (Wildman–Crippen LogP) is 3.32. The second-order valence-electron chi connectivity index (χ2n) is 7.08. The van der Waals surface area contributed by atoms with E-state index < -0.39 is 17.4 Å². The zero-order chi connectivity index (χ0) is 19.3. The number of hydrogen-bond donors (Lipinski definition) is 2. The lowest BCUT2D eigenvalue weighted by Crippen LogP contribution is -2.50. The van der Waals surface area contributed by atoms with Crippen molar-refractivity contribution >= 4 is 11.9 Å². The molecule has 2 aromatic carbocycles. The Kier molecular flexibility index (Phi) is 5.79. The molecule has 1 aliphatic rings. The molecule has 0 aliphatic heterocycles. The van der Waals surface area contributed by atoms with Crippen molar-refractivity contribution in [2.75, 3.05) is 7.11 Å². The van der Waals surface area contributed by atoms with E-state index in [1.54, 1.807) is 7.11 Å². The average Bonchev–Trinajstić information content (AvgIpc) is 3.19. The van der Waals surface area contributed by atoms with Crippen molar-refractivity contribution in [1.82, 2.24) is 5.32 Å². The molecule has 0 spiro atoms. The van der Waals surface area contributed by atoms with Crippen molar-refractivity contribution in [3.05, 3.63) is 65.7 Å². The fourth-order valence-electron chi connectivity index (χ4n) is 3.89. The first kappa shape index (κ1) is 19.0. The molecule has 5 nitrogen and oxygen atoms in total. The molecule has 1 aliphatic carbocycles. The number of nitrogens with one attached hydrogen (secondary N) is 1. The lowest BCUT2D eigenvalue weighted by atomic mass is 9.77. The van der Waals surface area contributed by atoms with Crippen molar-refractivity contribution in [2.24, 2.45) is 0 Å². The number of aliphatic carboxylic acids is 1. The minimum absolute atomic E-state index is 0.211. The molecule has 0 saturated heterocycles. The van der Waals surface area contributed by atoms with Crippen molar-refractivity contribution in [3.63, 3.8) is 0 Å². The third kappa shape index (κ3) is 4.13. The van der Waals surface area contributed by atoms with Crippen LogP contribution in [0.1, 0.15) is 36.8 Å². The summed E-state index contributed by atoms with van der Waals surface area (Å²) in [5.74, 6) is -0.534. The average molecular weight is 367 g/mol. The van der Waals surface area contributed by atoms with Crippen LogP contribution in [0, 0.1) is 0 Å². The molecule has 2 aromatic rings. The zero-order valence-corrected chi connectivity index (χ0v) is 15.5. The smallest absolute Gasteiger partial charge is 0.326 e. The molecule has 0 radical (unpaired) electrons. The van der Waals surface area contributed by atoms with Crippen molar-refractivity contribution in [2.45, 2.75) is 43.6 Å². The maximum Gasteiger partial charge on any atom is 0.326 e. The number of carboxylic acids is 1. The molecule has 142 valence electrons. The van der Waals surface area contributed by atoms with Crippen LogP contribution in [0.5, 0.6) is 5.75 Å². The van der Waals surface area contributed by atoms with Crippen LogP contribution in [0.3, 0.4) is 0 Å². The van der Waals surface area contributed by atoms with E-state index in [2.05, 4.69) is 5.32 Å². The Labute approximate surface area is 159 Å². The lowest BCUT2D eigenvalue weighted by Gasteiger charge is -2.30. The highest BCUT2D eigenvalue weighted by Crippen LogP contribution is 2.42. The highest BCUT2D eigenvalue weighted by atomic mass is 16.5. The normalized spacial score (nSPS) is 16.5. The molecule has 0 aromatic heterocycles. The fraction of sp³-hybridized carbons (Fsp3) is 0.364. The van der Waals surface area contributed by atoms with Gasteiger partial charge in [-0.25, -0.2) is 4.79 Å². The quantitative estimate of drug-likeness (QED) is 0.787. The topological polar surface area (TPSA) is 75.6 Å². The Morgan fingerprint density at radius 2 is 1.81 bits per heavy atom. The van der Waals surface area contributed by atoms with Crippen LogP contribution in [-0.4, -0.2) is 30.1 Å². The largest absolute Gasteiger partial charge is 0.497 e. The SMILES string of the molecule is COc1cccc(C2(C(=O)NC(Cc3ccccc3)C(=O)O)CCCC2)c1. The molecule has 5 heteroatoms. The predicted molar refractivity (Wildman–Crippen MR) is 103 cm³/mol. The third-order valence-electron chi connectivity index (χ3n) is 5.40. The number of hydrogen-bond acceptors (Lipinski definition) is 3. The van der Waals surface area contributed by atoms with Crippen LogP contribution in [0.2, 0.25) is 0 Å². The number of methoxy groups -OCH3 is 1. The molecule has 2 N–H and O–H groups in total. The Balaban J connectivity index is 1.84. The van der Waals surface area contributed by atoms with Gasteiger partial charge in [-0.15, -0.1) is 0 Å². The summed E-state index contributed by atoms with van der Waals surface area (Å²) in [7, 11) is 1.60. The second kappa shape index (κ2) is 8.25. The van der Waals surface area contributed by atoms with Gasteiger partial charge in [-0.1, -0.05) is 55.3 Å². The Morgan fingerprint density at radius 3 is 2.44 bits per heavy atom. The van der Waals surface area contributed by atoms with E-state index in [0.717, 1.165) is 24.0 Å². The molecular formula is C22H25NO4. The van der Waals surface area contributed by atoms with E-state index in [1.165, 1.54) is 0 Å². The highest BCUT2D eigenvalue weighted by molar-refractivity contribution is 5.92. The van der Waals surface area contributed by atoms with Gasteiger partial charge in [-0.3, -0.25) is 4.79 Å². The minimum atomic E-state index is -1.02. The maximum atomic E-state index is 13.3. The lowest BCUT2D eigenvalue weighted by molar-refractivity contribution is -0.142. The number of rotatable bonds is 7. The van der Waals surface area contributed by atoms with Crippen molar-refractivity contribution in [3.8, 4) is 5.75 Å². The molecule has 1 amide bonds. The van der Waals surface area contributed by atoms with Gasteiger partial charge in [-0.05, 0) is 36.1 Å². The number of amides is 1. The molecule has 1 saturated carbocycles. The summed E-state index contributed by atoms with van der Waals surface area (Å²) < 4.78 is 5.31. The van der Waals surface area contributed by atoms with Gasteiger partial charge >= 0.3 is 5.97 Å². The summed E-state index contributed by atoms with van der Waals surface area (Å²) in [5.41, 5.74) is 1.08. The summed E-state index contributed by atoms with van der Waals surface area (Å²) in [6.07, 6.45) is 3.57.